The highest BCUT2D eigenvalue weighted by Crippen LogP contribution is 2.62. The van der Waals surface area contributed by atoms with E-state index in [9.17, 15) is 14.9 Å². The Morgan fingerprint density at radius 2 is 1.80 bits per heavy atom. The van der Waals surface area contributed by atoms with Crippen molar-refractivity contribution in [2.24, 2.45) is 5.41 Å². The lowest BCUT2D eigenvalue weighted by molar-refractivity contribution is -0.122. The second-order valence-electron chi connectivity index (χ2n) is 11.9. The number of hydrogen-bond acceptors (Lipinski definition) is 4. The summed E-state index contributed by atoms with van der Waals surface area (Å²) >= 11 is 18.6. The Hall–Kier alpha value is -3.51. The van der Waals surface area contributed by atoms with Gasteiger partial charge in [0.1, 0.15) is 17.3 Å². The van der Waals surface area contributed by atoms with Gasteiger partial charge in [-0.1, -0.05) is 62.2 Å². The van der Waals surface area contributed by atoms with Crippen molar-refractivity contribution >= 4 is 63.7 Å². The molecule has 2 saturated heterocycles. The van der Waals surface area contributed by atoms with Crippen LogP contribution in [0.3, 0.4) is 0 Å². The number of hydrogen-bond donors (Lipinski definition) is 1. The quantitative estimate of drug-likeness (QED) is 0.332. The molecule has 3 aromatic rings. The summed E-state index contributed by atoms with van der Waals surface area (Å²) in [5.74, 6) is -2.37. The molecular formula is C31H25Cl2FN4O2S. The van der Waals surface area contributed by atoms with Crippen LogP contribution in [0, 0.1) is 22.6 Å². The van der Waals surface area contributed by atoms with Crippen LogP contribution < -0.4 is 10.2 Å². The molecule has 6 rings (SSSR count). The summed E-state index contributed by atoms with van der Waals surface area (Å²) in [6, 6.07) is 16.8. The average molecular weight is 608 g/mol. The minimum absolute atomic E-state index is 0.102. The van der Waals surface area contributed by atoms with Gasteiger partial charge in [0, 0.05) is 16.6 Å². The SMILES string of the molecule is CC(C)(C)CC1N2C(=S)N(c3ccc(C#N)cc3)C(=O)[C@H]2C(c2cccc(Cl)c2F)[C@]12C(=O)Nc1cc(Cl)ccc12. The van der Waals surface area contributed by atoms with Crippen molar-refractivity contribution in [3.8, 4) is 6.07 Å². The molecule has 6 nitrogen and oxygen atoms in total. The smallest absolute Gasteiger partial charge is 0.256 e. The van der Waals surface area contributed by atoms with Crippen LogP contribution in [0.5, 0.6) is 0 Å². The third kappa shape index (κ3) is 3.98. The molecule has 2 fully saturated rings. The van der Waals surface area contributed by atoms with E-state index < -0.39 is 29.2 Å². The van der Waals surface area contributed by atoms with Crippen molar-refractivity contribution in [2.45, 2.75) is 50.6 Å². The highest BCUT2D eigenvalue weighted by atomic mass is 35.5. The minimum atomic E-state index is -1.38. The first kappa shape index (κ1) is 27.6. The van der Waals surface area contributed by atoms with Crippen LogP contribution in [-0.4, -0.2) is 33.9 Å². The number of nitriles is 1. The fraction of sp³-hybridized carbons (Fsp3) is 0.290. The number of nitrogens with one attached hydrogen (secondary N) is 1. The third-order valence-electron chi connectivity index (χ3n) is 8.28. The van der Waals surface area contributed by atoms with Crippen molar-refractivity contribution in [3.05, 3.63) is 93.2 Å². The molecule has 4 atom stereocenters. The van der Waals surface area contributed by atoms with Gasteiger partial charge in [-0.15, -0.1) is 0 Å². The molecule has 208 valence electrons. The van der Waals surface area contributed by atoms with Crippen molar-refractivity contribution in [2.75, 3.05) is 10.2 Å². The number of fused-ring (bicyclic) bond motifs is 3. The van der Waals surface area contributed by atoms with E-state index in [1.807, 2.05) is 4.90 Å². The lowest BCUT2D eigenvalue weighted by Crippen LogP contribution is -2.53. The van der Waals surface area contributed by atoms with Crippen LogP contribution in [0.2, 0.25) is 10.0 Å². The monoisotopic (exact) mass is 606 g/mol. The molecule has 3 aliphatic rings. The van der Waals surface area contributed by atoms with E-state index in [0.717, 1.165) is 0 Å². The zero-order chi connectivity index (χ0) is 29.4. The molecule has 0 aliphatic carbocycles. The van der Waals surface area contributed by atoms with Crippen LogP contribution in [0.1, 0.15) is 49.8 Å². The molecule has 2 amide bonds. The molecule has 0 aromatic heterocycles. The van der Waals surface area contributed by atoms with E-state index in [1.165, 1.54) is 11.0 Å². The molecule has 10 heteroatoms. The first-order valence-corrected chi connectivity index (χ1v) is 14.3. The Bertz CT molecular complexity index is 1680. The maximum absolute atomic E-state index is 16.0. The molecule has 41 heavy (non-hydrogen) atoms. The number of carbonyl (C=O) groups excluding carboxylic acids is 2. The Labute approximate surface area is 252 Å². The standard InChI is InChI=1S/C31H25Cl2FN4O2S/c1-30(2,3)14-23-31(20-12-9-17(32)13-22(20)36-28(31)40)24(19-5-4-6-21(33)25(19)34)26-27(39)37(29(41)38(23)26)18-10-7-16(15-35)8-11-18/h4-13,23-24,26H,14H2,1-3H3,(H,36,40)/t23?,24?,26-,31-/m1/s1. The van der Waals surface area contributed by atoms with Gasteiger partial charge < -0.3 is 10.2 Å². The maximum atomic E-state index is 16.0. The second kappa shape index (κ2) is 9.52. The second-order valence-corrected chi connectivity index (χ2v) is 13.1. The molecule has 2 unspecified atom stereocenters. The number of rotatable bonds is 3. The van der Waals surface area contributed by atoms with Gasteiger partial charge in [0.05, 0.1) is 28.4 Å². The van der Waals surface area contributed by atoms with Gasteiger partial charge in [-0.2, -0.15) is 5.26 Å². The van der Waals surface area contributed by atoms with Gasteiger partial charge >= 0.3 is 0 Å². The number of anilines is 2. The van der Waals surface area contributed by atoms with Crippen molar-refractivity contribution < 1.29 is 14.0 Å². The third-order valence-corrected chi connectivity index (χ3v) is 9.20. The predicted molar refractivity (Wildman–Crippen MR) is 161 cm³/mol. The number of halogens is 3. The highest BCUT2D eigenvalue weighted by molar-refractivity contribution is 7.80. The Morgan fingerprint density at radius 3 is 2.46 bits per heavy atom. The number of thiocarbonyl (C=S) groups is 1. The van der Waals surface area contributed by atoms with E-state index in [4.69, 9.17) is 35.4 Å². The van der Waals surface area contributed by atoms with Crippen LogP contribution in [0.15, 0.2) is 60.7 Å². The van der Waals surface area contributed by atoms with E-state index >= 15 is 4.39 Å². The average Bonchev–Trinajstić information content (AvgIpc) is 3.46. The zero-order valence-corrected chi connectivity index (χ0v) is 24.7. The topological polar surface area (TPSA) is 76.4 Å². The van der Waals surface area contributed by atoms with Crippen LogP contribution in [0.4, 0.5) is 15.8 Å². The maximum Gasteiger partial charge on any atom is 0.256 e. The van der Waals surface area contributed by atoms with Gasteiger partial charge in [0.2, 0.25) is 5.91 Å². The van der Waals surface area contributed by atoms with Crippen LogP contribution >= 0.6 is 35.4 Å². The normalized spacial score (nSPS) is 25.0. The van der Waals surface area contributed by atoms with Crippen LogP contribution in [-0.2, 0) is 15.0 Å². The zero-order valence-electron chi connectivity index (χ0n) is 22.4. The minimum Gasteiger partial charge on any atom is -0.331 e. The number of carbonyl (C=O) groups is 2. The Balaban J connectivity index is 1.64. The molecule has 0 bridgehead atoms. The molecule has 1 N–H and O–H groups in total. The molecule has 3 aliphatic heterocycles. The van der Waals surface area contributed by atoms with E-state index in [1.54, 1.807) is 54.6 Å². The summed E-state index contributed by atoms with van der Waals surface area (Å²) in [6.07, 6.45) is 0.465. The molecule has 0 saturated carbocycles. The lowest BCUT2D eigenvalue weighted by atomic mass is 9.62. The number of benzene rings is 3. The summed E-state index contributed by atoms with van der Waals surface area (Å²) in [4.78, 5) is 32.1. The van der Waals surface area contributed by atoms with Gasteiger partial charge in [-0.05, 0) is 77.6 Å². The van der Waals surface area contributed by atoms with Gasteiger partial charge in [-0.25, -0.2) is 4.39 Å². The van der Waals surface area contributed by atoms with Gasteiger partial charge in [-0.3, -0.25) is 14.5 Å². The summed E-state index contributed by atoms with van der Waals surface area (Å²) in [6.45, 7) is 6.16. The van der Waals surface area contributed by atoms with E-state index in [2.05, 4.69) is 32.2 Å². The van der Waals surface area contributed by atoms with Crippen molar-refractivity contribution in [1.29, 1.82) is 5.26 Å². The molecule has 0 radical (unpaired) electrons. The first-order valence-electron chi connectivity index (χ1n) is 13.1. The number of amides is 2. The first-order chi connectivity index (χ1) is 19.4. The summed E-state index contributed by atoms with van der Waals surface area (Å²) in [5, 5.41) is 12.8. The Kier molecular flexibility index (Phi) is 6.42. The van der Waals surface area contributed by atoms with Crippen molar-refractivity contribution in [3.63, 3.8) is 0 Å². The Morgan fingerprint density at radius 1 is 1.10 bits per heavy atom. The fourth-order valence-electron chi connectivity index (χ4n) is 6.79. The van der Waals surface area contributed by atoms with Gasteiger partial charge in [0.15, 0.2) is 5.11 Å². The molecule has 1 spiro atoms. The van der Waals surface area contributed by atoms with E-state index in [0.29, 0.717) is 33.9 Å². The summed E-state index contributed by atoms with van der Waals surface area (Å²) in [5.41, 5.74) is 0.579. The van der Waals surface area contributed by atoms with Gasteiger partial charge in [0.25, 0.3) is 5.91 Å². The largest absolute Gasteiger partial charge is 0.331 e. The van der Waals surface area contributed by atoms with Crippen molar-refractivity contribution in [1.82, 2.24) is 4.90 Å². The highest BCUT2D eigenvalue weighted by Gasteiger charge is 2.72. The predicted octanol–water partition coefficient (Wildman–Crippen LogP) is 6.80. The molecule has 3 heterocycles. The van der Waals surface area contributed by atoms with Crippen LogP contribution in [0.25, 0.3) is 0 Å². The fourth-order valence-corrected chi connectivity index (χ4v) is 7.58. The summed E-state index contributed by atoms with van der Waals surface area (Å²) < 4.78 is 16.0. The van der Waals surface area contributed by atoms with E-state index in [-0.39, 0.29) is 32.9 Å². The lowest BCUT2D eigenvalue weighted by Gasteiger charge is -2.40. The summed E-state index contributed by atoms with van der Waals surface area (Å²) in [7, 11) is 0. The molecule has 3 aromatic carbocycles. The number of nitrogens with zero attached hydrogens (tertiary/aromatic N) is 3. The molecular weight excluding hydrogens is 582 g/mol.